The number of hydrogen-bond donors (Lipinski definition) is 6. The van der Waals surface area contributed by atoms with Gasteiger partial charge >= 0.3 is 0 Å². The van der Waals surface area contributed by atoms with Crippen LogP contribution < -0.4 is 10.6 Å². The van der Waals surface area contributed by atoms with Crippen LogP contribution in [0.25, 0.3) is 0 Å². The van der Waals surface area contributed by atoms with Crippen molar-refractivity contribution in [1.29, 1.82) is 0 Å². The van der Waals surface area contributed by atoms with Crippen molar-refractivity contribution in [2.75, 3.05) is 13.2 Å². The predicted molar refractivity (Wildman–Crippen MR) is 60.6 cm³/mol. The maximum atomic E-state index is 11.4. The van der Waals surface area contributed by atoms with Gasteiger partial charge in [0.1, 0.15) is 24.4 Å². The first-order valence-corrected chi connectivity index (χ1v) is 5.71. The molecule has 1 aliphatic rings. The van der Waals surface area contributed by atoms with E-state index < -0.39 is 49.1 Å². The largest absolute Gasteiger partial charge is 0.394 e. The van der Waals surface area contributed by atoms with Crippen LogP contribution in [0, 0.1) is 0 Å². The summed E-state index contributed by atoms with van der Waals surface area (Å²) in [7, 11) is 0. The molecule has 0 aromatic heterocycles. The molecule has 1 saturated heterocycles. The lowest BCUT2D eigenvalue weighted by molar-refractivity contribution is -0.253. The molecule has 1 aliphatic heterocycles. The van der Waals surface area contributed by atoms with Crippen LogP contribution >= 0.6 is 0 Å². The molecule has 0 aliphatic carbocycles. The molecule has 9 nitrogen and oxygen atoms in total. The highest BCUT2D eigenvalue weighted by Gasteiger charge is 2.44. The van der Waals surface area contributed by atoms with Crippen LogP contribution in [-0.2, 0) is 14.3 Å². The second-order valence-corrected chi connectivity index (χ2v) is 4.23. The topological polar surface area (TPSA) is 148 Å². The van der Waals surface area contributed by atoms with E-state index >= 15 is 0 Å². The van der Waals surface area contributed by atoms with E-state index in [0.717, 1.165) is 0 Å². The summed E-state index contributed by atoms with van der Waals surface area (Å²) in [5, 5.41) is 42.2. The number of aliphatic hydroxyl groups excluding tert-OH is 4. The maximum absolute atomic E-state index is 11.4. The Labute approximate surface area is 109 Å². The van der Waals surface area contributed by atoms with Crippen LogP contribution in [0.4, 0.5) is 0 Å². The molecule has 1 rings (SSSR count). The monoisotopic (exact) mass is 278 g/mol. The summed E-state index contributed by atoms with van der Waals surface area (Å²) in [6, 6.07) is -1.25. The van der Waals surface area contributed by atoms with Crippen LogP contribution in [0.5, 0.6) is 0 Å². The van der Waals surface area contributed by atoms with Gasteiger partial charge in [0.2, 0.25) is 11.8 Å². The van der Waals surface area contributed by atoms with Gasteiger partial charge in [-0.05, 0) is 0 Å². The maximum Gasteiger partial charge on any atom is 0.239 e. The van der Waals surface area contributed by atoms with Gasteiger partial charge in [-0.3, -0.25) is 9.59 Å². The van der Waals surface area contributed by atoms with Gasteiger partial charge in [-0.15, -0.1) is 0 Å². The smallest absolute Gasteiger partial charge is 0.239 e. The van der Waals surface area contributed by atoms with Crippen molar-refractivity contribution >= 4 is 11.8 Å². The van der Waals surface area contributed by atoms with Gasteiger partial charge in [0.25, 0.3) is 0 Å². The number of amides is 2. The normalized spacial score (nSPS) is 34.7. The minimum absolute atomic E-state index is 0.329. The number of hydrogen-bond acceptors (Lipinski definition) is 7. The molecular formula is C10H18N2O7. The Hall–Kier alpha value is -1.26. The summed E-state index contributed by atoms with van der Waals surface area (Å²) in [6.45, 7) is 0.322. The van der Waals surface area contributed by atoms with Gasteiger partial charge in [-0.25, -0.2) is 0 Å². The Balaban J connectivity index is 2.57. The third kappa shape index (κ3) is 4.11. The van der Waals surface area contributed by atoms with Crippen molar-refractivity contribution in [3.63, 3.8) is 0 Å². The van der Waals surface area contributed by atoms with Gasteiger partial charge in [-0.1, -0.05) is 0 Å². The molecule has 19 heavy (non-hydrogen) atoms. The number of carbonyl (C=O) groups is 2. The lowest BCUT2D eigenvalue weighted by atomic mass is 9.97. The molecule has 0 aromatic rings. The second kappa shape index (κ2) is 6.78. The van der Waals surface area contributed by atoms with E-state index in [9.17, 15) is 24.9 Å². The minimum Gasteiger partial charge on any atom is -0.394 e. The van der Waals surface area contributed by atoms with Gasteiger partial charge in [0.15, 0.2) is 6.29 Å². The van der Waals surface area contributed by atoms with E-state index in [1.54, 1.807) is 0 Å². The zero-order valence-electron chi connectivity index (χ0n) is 10.3. The van der Waals surface area contributed by atoms with Gasteiger partial charge in [-0.2, -0.15) is 0 Å². The van der Waals surface area contributed by atoms with Gasteiger partial charge < -0.3 is 35.8 Å². The van der Waals surface area contributed by atoms with Crippen LogP contribution in [0.1, 0.15) is 6.92 Å². The third-order valence-corrected chi connectivity index (χ3v) is 2.73. The lowest BCUT2D eigenvalue weighted by Gasteiger charge is -2.40. The number of nitrogens with one attached hydrogen (secondary N) is 2. The molecule has 0 radical (unpaired) electrons. The summed E-state index contributed by atoms with van der Waals surface area (Å²) in [6.07, 6.45) is -5.65. The van der Waals surface area contributed by atoms with Crippen molar-refractivity contribution in [2.24, 2.45) is 0 Å². The highest BCUT2D eigenvalue weighted by molar-refractivity contribution is 5.83. The Morgan fingerprint density at radius 2 is 1.84 bits per heavy atom. The Morgan fingerprint density at radius 3 is 2.37 bits per heavy atom. The van der Waals surface area contributed by atoms with E-state index in [2.05, 4.69) is 10.6 Å². The van der Waals surface area contributed by atoms with E-state index in [1.165, 1.54) is 6.92 Å². The Kier molecular flexibility index (Phi) is 5.63. The average molecular weight is 278 g/mol. The van der Waals surface area contributed by atoms with Gasteiger partial charge in [0.05, 0.1) is 13.2 Å². The van der Waals surface area contributed by atoms with Crippen molar-refractivity contribution < 1.29 is 34.8 Å². The SMILES string of the molecule is CC(=O)NCC(=O)N[C@H]1C(O)OC(CO)C(O)[C@@H]1O. The quantitative estimate of drug-likeness (QED) is 0.307. The Bertz CT molecular complexity index is 338. The molecule has 5 atom stereocenters. The van der Waals surface area contributed by atoms with Crippen LogP contribution in [0.15, 0.2) is 0 Å². The van der Waals surface area contributed by atoms with E-state index in [0.29, 0.717) is 0 Å². The molecule has 9 heteroatoms. The second-order valence-electron chi connectivity index (χ2n) is 4.23. The van der Waals surface area contributed by atoms with Crippen LogP contribution in [0.2, 0.25) is 0 Å². The standard InChI is InChI=1S/C10H18N2O7/c1-4(14)11-2-6(15)12-7-9(17)8(16)5(3-13)19-10(7)18/h5,7-10,13,16-18H,2-3H2,1H3,(H,11,14)(H,12,15)/t5?,7-,8?,9-,10?/m1/s1. The molecule has 0 spiro atoms. The minimum atomic E-state index is -1.57. The summed E-state index contributed by atoms with van der Waals surface area (Å²) < 4.78 is 4.85. The van der Waals surface area contributed by atoms with Crippen LogP contribution in [-0.4, -0.2) is 76.0 Å². The molecule has 6 N–H and O–H groups in total. The fourth-order valence-corrected chi connectivity index (χ4v) is 1.69. The zero-order chi connectivity index (χ0) is 14.6. The first kappa shape index (κ1) is 15.8. The molecule has 2 amide bonds. The predicted octanol–water partition coefficient (Wildman–Crippen LogP) is -3.96. The van der Waals surface area contributed by atoms with Crippen molar-refractivity contribution in [2.45, 2.75) is 37.6 Å². The first-order valence-electron chi connectivity index (χ1n) is 5.71. The zero-order valence-corrected chi connectivity index (χ0v) is 10.3. The molecule has 0 saturated carbocycles. The van der Waals surface area contributed by atoms with E-state index in [-0.39, 0.29) is 6.54 Å². The summed E-state index contributed by atoms with van der Waals surface area (Å²) in [5.74, 6) is -1.06. The average Bonchev–Trinajstić information content (AvgIpc) is 2.36. The highest BCUT2D eigenvalue weighted by Crippen LogP contribution is 2.19. The molecule has 3 unspecified atom stereocenters. The summed E-state index contributed by atoms with van der Waals surface area (Å²) in [5.41, 5.74) is 0. The van der Waals surface area contributed by atoms with E-state index in [4.69, 9.17) is 9.84 Å². The van der Waals surface area contributed by atoms with Crippen LogP contribution in [0.3, 0.4) is 0 Å². The highest BCUT2D eigenvalue weighted by atomic mass is 16.6. The lowest BCUT2D eigenvalue weighted by Crippen LogP contribution is -2.64. The summed E-state index contributed by atoms with van der Waals surface area (Å²) >= 11 is 0. The molecule has 0 aromatic carbocycles. The fraction of sp³-hybridized carbons (Fsp3) is 0.800. The molecular weight excluding hydrogens is 260 g/mol. The number of carbonyl (C=O) groups excluding carboxylic acids is 2. The number of aliphatic hydroxyl groups is 4. The molecule has 110 valence electrons. The molecule has 1 fully saturated rings. The van der Waals surface area contributed by atoms with E-state index in [1.807, 2.05) is 0 Å². The summed E-state index contributed by atoms with van der Waals surface area (Å²) in [4.78, 5) is 22.1. The van der Waals surface area contributed by atoms with Crippen molar-refractivity contribution in [3.8, 4) is 0 Å². The third-order valence-electron chi connectivity index (χ3n) is 2.73. The fourth-order valence-electron chi connectivity index (χ4n) is 1.69. The molecule has 1 heterocycles. The van der Waals surface area contributed by atoms with Crippen molar-refractivity contribution in [1.82, 2.24) is 10.6 Å². The Morgan fingerprint density at radius 1 is 1.21 bits per heavy atom. The molecule has 0 bridgehead atoms. The number of ether oxygens (including phenoxy) is 1. The van der Waals surface area contributed by atoms with Crippen molar-refractivity contribution in [3.05, 3.63) is 0 Å². The van der Waals surface area contributed by atoms with Gasteiger partial charge in [0, 0.05) is 6.92 Å². The first-order chi connectivity index (χ1) is 8.86. The number of rotatable bonds is 4.